The van der Waals surface area contributed by atoms with Gasteiger partial charge in [0.25, 0.3) is 0 Å². The molecule has 0 heterocycles. The minimum absolute atomic E-state index is 0.0434. The molecule has 0 aromatic heterocycles. The molecule has 24 N–H and O–H groups in total. The van der Waals surface area contributed by atoms with Gasteiger partial charge in [-0.15, -0.1) is 0 Å². The number of guanidine groups is 6. The molecule has 0 fully saturated rings. The van der Waals surface area contributed by atoms with Crippen LogP contribution in [0, 0.1) is 40.9 Å². The zero-order valence-corrected chi connectivity index (χ0v) is 43.0. The van der Waals surface area contributed by atoms with E-state index in [-0.39, 0.29) is 167 Å². The lowest BCUT2D eigenvalue weighted by Crippen LogP contribution is -2.33. The van der Waals surface area contributed by atoms with Crippen molar-refractivity contribution in [2.24, 2.45) is 140 Å². The molecular formula is C47H90N18O6. The van der Waals surface area contributed by atoms with Gasteiger partial charge in [0.05, 0.1) is 0 Å². The lowest BCUT2D eigenvalue weighted by molar-refractivity contribution is -0.137. The van der Waals surface area contributed by atoms with E-state index in [4.69, 9.17) is 68.8 Å². The van der Waals surface area contributed by atoms with Crippen LogP contribution in [0.25, 0.3) is 0 Å². The number of hydrogen-bond acceptors (Lipinski definition) is 12. The van der Waals surface area contributed by atoms with Crippen LogP contribution in [-0.2, 0) is 28.8 Å². The molecule has 0 aliphatic heterocycles. The van der Waals surface area contributed by atoms with Gasteiger partial charge in [-0.05, 0) is 83.5 Å². The van der Waals surface area contributed by atoms with Crippen molar-refractivity contribution in [1.29, 1.82) is 0 Å². The largest absolute Gasteiger partial charge is 0.370 e. The van der Waals surface area contributed by atoms with Crippen molar-refractivity contribution in [3.05, 3.63) is 0 Å². The van der Waals surface area contributed by atoms with Gasteiger partial charge in [0.2, 0.25) is 0 Å². The van der Waals surface area contributed by atoms with Crippen LogP contribution < -0.4 is 68.8 Å². The second-order valence-corrected chi connectivity index (χ2v) is 19.2. The van der Waals surface area contributed by atoms with Gasteiger partial charge in [-0.2, -0.15) is 0 Å². The first-order valence-electron chi connectivity index (χ1n) is 24.8. The SMILES string of the molecule is CCC(CCCN=C(N)N)C(=O)CC(CCCN=C(N)N)C(=O)CC(CCCN=C(N)N)C(=O)CC(CCCN=C(N)N)C(=O)CC(CCCN=C(N)N)C(=O)CC(CCCN=C(N)N)C(=O)C(C)(C)C. The predicted molar refractivity (Wildman–Crippen MR) is 283 cm³/mol. The Labute approximate surface area is 420 Å². The van der Waals surface area contributed by atoms with E-state index >= 15 is 0 Å². The second-order valence-electron chi connectivity index (χ2n) is 19.2. The fourth-order valence-electron chi connectivity index (χ4n) is 8.36. The molecule has 24 heteroatoms. The second kappa shape index (κ2) is 35.7. The van der Waals surface area contributed by atoms with Crippen LogP contribution in [0.2, 0.25) is 0 Å². The summed E-state index contributed by atoms with van der Waals surface area (Å²) >= 11 is 0. The molecule has 0 aliphatic carbocycles. The van der Waals surface area contributed by atoms with Crippen molar-refractivity contribution in [3.8, 4) is 0 Å². The van der Waals surface area contributed by atoms with Gasteiger partial charge in [0.15, 0.2) is 35.8 Å². The Balaban J connectivity index is 7.03. The maximum Gasteiger partial charge on any atom is 0.185 e. The first kappa shape index (κ1) is 64.6. The number of Topliss-reactive ketones (excluding diaryl/α,β-unsaturated/α-hetero) is 6. The number of aliphatic imine (C=N–C) groups is 6. The van der Waals surface area contributed by atoms with E-state index < -0.39 is 35.0 Å². The molecule has 0 saturated carbocycles. The molecule has 0 saturated heterocycles. The lowest BCUT2D eigenvalue weighted by Gasteiger charge is -2.26. The van der Waals surface area contributed by atoms with Crippen LogP contribution in [0.15, 0.2) is 30.0 Å². The summed E-state index contributed by atoms with van der Waals surface area (Å²) in [6, 6.07) is 0. The first-order valence-corrected chi connectivity index (χ1v) is 24.8. The molecule has 71 heavy (non-hydrogen) atoms. The summed E-state index contributed by atoms with van der Waals surface area (Å²) in [7, 11) is 0. The number of carbonyl (C=O) groups is 6. The monoisotopic (exact) mass is 1000 g/mol. The number of nitrogens with two attached hydrogens (primary N) is 12. The van der Waals surface area contributed by atoms with E-state index in [2.05, 4.69) is 30.0 Å². The van der Waals surface area contributed by atoms with Crippen LogP contribution >= 0.6 is 0 Å². The maximum atomic E-state index is 14.6. The average Bonchev–Trinajstić information content (AvgIpc) is 3.27. The predicted octanol–water partition coefficient (Wildman–Crippen LogP) is -0.174. The van der Waals surface area contributed by atoms with Crippen molar-refractivity contribution in [1.82, 2.24) is 0 Å². The molecule has 0 aromatic carbocycles. The van der Waals surface area contributed by atoms with Crippen molar-refractivity contribution < 1.29 is 28.8 Å². The summed E-state index contributed by atoms with van der Waals surface area (Å²) in [5, 5.41) is 0. The molecule has 0 spiro atoms. The topological polar surface area (TPSA) is 489 Å². The van der Waals surface area contributed by atoms with Gasteiger partial charge in [0, 0.05) is 112 Å². The van der Waals surface area contributed by atoms with Gasteiger partial charge in [0.1, 0.15) is 34.7 Å². The molecule has 6 unspecified atom stereocenters. The third-order valence-corrected chi connectivity index (χ3v) is 12.1. The van der Waals surface area contributed by atoms with E-state index in [1.54, 1.807) is 20.8 Å². The van der Waals surface area contributed by atoms with E-state index in [1.807, 2.05) is 6.92 Å². The normalized spacial score (nSPS) is 13.7. The summed E-state index contributed by atoms with van der Waals surface area (Å²) in [5.74, 6) is -6.53. The molecule has 404 valence electrons. The van der Waals surface area contributed by atoms with E-state index in [9.17, 15) is 28.8 Å². The highest BCUT2D eigenvalue weighted by Gasteiger charge is 2.36. The Bertz CT molecular complexity index is 1850. The standard InChI is InChI=1S/C47H90N18O6/c1-5-29(12-6-18-60-41(48)49)35(66)24-30(13-7-19-61-42(50)51)36(67)25-31(14-8-20-62-43(52)53)37(68)26-32(15-9-21-63-44(54)55)38(69)27-33(16-10-22-64-45(56)57)39(70)28-34(40(71)47(2,3)4)17-11-23-65-46(58)59/h29-34H,5-28H2,1-4H3,(H4,48,49,60)(H4,50,51,61)(H4,52,53,62)(H4,54,55,63)(H4,56,57,64)(H4,58,59,65). The molecule has 0 rings (SSSR count). The van der Waals surface area contributed by atoms with Gasteiger partial charge >= 0.3 is 0 Å². The fraction of sp³-hybridized carbons (Fsp3) is 0.745. The lowest BCUT2D eigenvalue weighted by atomic mass is 9.76. The average molecular weight is 1000 g/mol. The van der Waals surface area contributed by atoms with Crippen molar-refractivity contribution in [2.45, 2.75) is 143 Å². The zero-order chi connectivity index (χ0) is 54.1. The molecule has 24 nitrogen and oxygen atoms in total. The summed E-state index contributed by atoms with van der Waals surface area (Å²) in [6.07, 6.45) is 3.81. The highest BCUT2D eigenvalue weighted by atomic mass is 16.2. The van der Waals surface area contributed by atoms with Gasteiger partial charge in [-0.1, -0.05) is 27.7 Å². The highest BCUT2D eigenvalue weighted by Crippen LogP contribution is 2.31. The molecule has 0 aromatic rings. The maximum absolute atomic E-state index is 14.6. The molecule has 0 amide bonds. The summed E-state index contributed by atoms with van der Waals surface area (Å²) in [4.78, 5) is 110. The van der Waals surface area contributed by atoms with Gasteiger partial charge in [-0.25, -0.2) is 0 Å². The van der Waals surface area contributed by atoms with Crippen molar-refractivity contribution in [3.63, 3.8) is 0 Å². The van der Waals surface area contributed by atoms with Crippen molar-refractivity contribution >= 4 is 70.5 Å². The minimum atomic E-state index is -0.896. The Kier molecular flexibility index (Phi) is 32.5. The molecular weight excluding hydrogens is 913 g/mol. The summed E-state index contributed by atoms with van der Waals surface area (Å²) in [6.45, 7) is 8.62. The number of rotatable bonds is 41. The van der Waals surface area contributed by atoms with E-state index in [0.717, 1.165) is 0 Å². The van der Waals surface area contributed by atoms with Crippen LogP contribution in [0.1, 0.15) is 143 Å². The third-order valence-electron chi connectivity index (χ3n) is 12.1. The fourth-order valence-corrected chi connectivity index (χ4v) is 8.36. The molecule has 0 bridgehead atoms. The third kappa shape index (κ3) is 31.5. The number of ketones is 6. The van der Waals surface area contributed by atoms with Crippen LogP contribution in [-0.4, -0.2) is 110 Å². The Morgan fingerprint density at radius 3 is 0.704 bits per heavy atom. The van der Waals surface area contributed by atoms with E-state index in [1.165, 1.54) is 0 Å². The van der Waals surface area contributed by atoms with E-state index in [0.29, 0.717) is 64.3 Å². The zero-order valence-electron chi connectivity index (χ0n) is 43.0. The Morgan fingerprint density at radius 2 is 0.507 bits per heavy atom. The highest BCUT2D eigenvalue weighted by molar-refractivity contribution is 5.96. The first-order chi connectivity index (χ1) is 33.3. The van der Waals surface area contributed by atoms with Gasteiger partial charge < -0.3 is 68.8 Å². The Hall–Kier alpha value is -6.36. The minimum Gasteiger partial charge on any atom is -0.370 e. The van der Waals surface area contributed by atoms with Crippen LogP contribution in [0.5, 0.6) is 0 Å². The van der Waals surface area contributed by atoms with Crippen LogP contribution in [0.3, 0.4) is 0 Å². The Morgan fingerprint density at radius 1 is 0.324 bits per heavy atom. The number of nitrogens with zero attached hydrogens (tertiary/aromatic N) is 6. The van der Waals surface area contributed by atoms with Gasteiger partial charge in [-0.3, -0.25) is 58.7 Å². The smallest absolute Gasteiger partial charge is 0.185 e. The quantitative estimate of drug-likeness (QED) is 0.0215. The summed E-state index contributed by atoms with van der Waals surface area (Å²) in [5.41, 5.74) is 65.8. The summed E-state index contributed by atoms with van der Waals surface area (Å²) < 4.78 is 0. The van der Waals surface area contributed by atoms with Crippen molar-refractivity contribution in [2.75, 3.05) is 39.3 Å². The molecule has 0 aliphatic rings. The molecule has 6 atom stereocenters. The van der Waals surface area contributed by atoms with Crippen LogP contribution in [0.4, 0.5) is 0 Å². The number of hydrogen-bond donors (Lipinski definition) is 12. The number of carbonyl (C=O) groups excluding carboxylic acids is 6. The molecule has 0 radical (unpaired) electrons.